The predicted octanol–water partition coefficient (Wildman–Crippen LogP) is 1.47. The summed E-state index contributed by atoms with van der Waals surface area (Å²) in [6.07, 6.45) is 7.37. The molecule has 0 aromatic carbocycles. The minimum absolute atomic E-state index is 0.133. The molecular formula is C14H25NO3. The Kier molecular flexibility index (Phi) is 5.45. The lowest BCUT2D eigenvalue weighted by Gasteiger charge is -2.18. The lowest BCUT2D eigenvalue weighted by Crippen LogP contribution is -2.32. The number of rotatable bonds is 6. The Morgan fingerprint density at radius 2 is 2.06 bits per heavy atom. The molecule has 104 valence electrons. The second kappa shape index (κ2) is 7.10. The van der Waals surface area contributed by atoms with Crippen LogP contribution in [0.2, 0.25) is 0 Å². The maximum Gasteiger partial charge on any atom is 0.220 e. The van der Waals surface area contributed by atoms with Crippen LogP contribution in [0, 0.1) is 11.8 Å². The highest BCUT2D eigenvalue weighted by molar-refractivity contribution is 5.75. The van der Waals surface area contributed by atoms with Gasteiger partial charge in [0.1, 0.15) is 0 Å². The van der Waals surface area contributed by atoms with Crippen LogP contribution >= 0.6 is 0 Å². The largest absolute Gasteiger partial charge is 0.396 e. The number of amides is 1. The normalized spacial score (nSPS) is 31.7. The summed E-state index contributed by atoms with van der Waals surface area (Å²) in [5.74, 6) is 0.999. The van der Waals surface area contributed by atoms with Crippen LogP contribution in [0.4, 0.5) is 0 Å². The van der Waals surface area contributed by atoms with E-state index in [0.29, 0.717) is 24.4 Å². The summed E-state index contributed by atoms with van der Waals surface area (Å²) in [5.41, 5.74) is 0. The van der Waals surface area contributed by atoms with Gasteiger partial charge in [0, 0.05) is 26.2 Å². The summed E-state index contributed by atoms with van der Waals surface area (Å²) in [7, 11) is 0. The first-order chi connectivity index (χ1) is 8.79. The molecule has 1 heterocycles. The van der Waals surface area contributed by atoms with Gasteiger partial charge in [0.2, 0.25) is 5.91 Å². The molecule has 0 aromatic heterocycles. The van der Waals surface area contributed by atoms with Gasteiger partial charge >= 0.3 is 0 Å². The number of ether oxygens (including phenoxy) is 1. The molecule has 1 amide bonds. The van der Waals surface area contributed by atoms with Gasteiger partial charge < -0.3 is 15.2 Å². The van der Waals surface area contributed by atoms with E-state index in [1.807, 2.05) is 0 Å². The van der Waals surface area contributed by atoms with E-state index in [0.717, 1.165) is 45.3 Å². The van der Waals surface area contributed by atoms with E-state index in [-0.39, 0.29) is 12.5 Å². The Hall–Kier alpha value is -0.610. The molecule has 0 radical (unpaired) electrons. The predicted molar refractivity (Wildman–Crippen MR) is 69.1 cm³/mol. The van der Waals surface area contributed by atoms with Crippen LogP contribution in [-0.2, 0) is 9.53 Å². The second-order valence-corrected chi connectivity index (χ2v) is 5.61. The van der Waals surface area contributed by atoms with E-state index >= 15 is 0 Å². The first-order valence-electron chi connectivity index (χ1n) is 7.28. The van der Waals surface area contributed by atoms with Gasteiger partial charge in [-0.25, -0.2) is 0 Å². The van der Waals surface area contributed by atoms with Gasteiger partial charge in [0.15, 0.2) is 0 Å². The molecule has 2 fully saturated rings. The molecule has 4 heteroatoms. The first-order valence-corrected chi connectivity index (χ1v) is 7.28. The summed E-state index contributed by atoms with van der Waals surface area (Å²) in [6.45, 7) is 1.85. The lowest BCUT2D eigenvalue weighted by atomic mass is 9.97. The highest BCUT2D eigenvalue weighted by atomic mass is 16.5. The third kappa shape index (κ3) is 3.95. The fraction of sp³-hybridized carbons (Fsp3) is 0.929. The van der Waals surface area contributed by atoms with Crippen LogP contribution in [0.25, 0.3) is 0 Å². The molecular weight excluding hydrogens is 230 g/mol. The molecule has 2 N–H and O–H groups in total. The van der Waals surface area contributed by atoms with Crippen LogP contribution in [0.3, 0.4) is 0 Å². The fourth-order valence-corrected chi connectivity index (χ4v) is 3.12. The number of aliphatic hydroxyl groups excluding tert-OH is 1. The smallest absolute Gasteiger partial charge is 0.220 e. The minimum atomic E-state index is 0.133. The molecule has 1 aliphatic carbocycles. The zero-order valence-corrected chi connectivity index (χ0v) is 11.1. The molecule has 4 nitrogen and oxygen atoms in total. The zero-order chi connectivity index (χ0) is 12.8. The maximum atomic E-state index is 11.7. The first kappa shape index (κ1) is 13.8. The van der Waals surface area contributed by atoms with Crippen molar-refractivity contribution in [3.05, 3.63) is 0 Å². The maximum absolute atomic E-state index is 11.7. The van der Waals surface area contributed by atoms with Crippen molar-refractivity contribution in [3.63, 3.8) is 0 Å². The van der Waals surface area contributed by atoms with Gasteiger partial charge in [-0.1, -0.05) is 6.42 Å². The highest BCUT2D eigenvalue weighted by Gasteiger charge is 2.26. The van der Waals surface area contributed by atoms with E-state index < -0.39 is 0 Å². The van der Waals surface area contributed by atoms with Crippen LogP contribution in [0.5, 0.6) is 0 Å². The van der Waals surface area contributed by atoms with Crippen molar-refractivity contribution in [2.45, 2.75) is 51.0 Å². The number of aliphatic hydroxyl groups is 1. The van der Waals surface area contributed by atoms with E-state index in [2.05, 4.69) is 5.32 Å². The summed E-state index contributed by atoms with van der Waals surface area (Å²) in [6, 6.07) is 0. The Morgan fingerprint density at radius 3 is 2.78 bits per heavy atom. The molecule has 2 rings (SSSR count). The molecule has 1 aliphatic heterocycles. The van der Waals surface area contributed by atoms with Crippen molar-refractivity contribution in [1.82, 2.24) is 5.32 Å². The SMILES string of the molecule is O=C(CCC1CCCO1)NCC1CCCC1CO. The second-order valence-electron chi connectivity index (χ2n) is 5.61. The summed E-state index contributed by atoms with van der Waals surface area (Å²) in [4.78, 5) is 11.7. The number of carbonyl (C=O) groups is 1. The topological polar surface area (TPSA) is 58.6 Å². The van der Waals surface area contributed by atoms with Gasteiger partial charge in [-0.2, -0.15) is 0 Å². The highest BCUT2D eigenvalue weighted by Crippen LogP contribution is 2.30. The number of carbonyl (C=O) groups excluding carboxylic acids is 1. The van der Waals surface area contributed by atoms with Crippen molar-refractivity contribution in [2.75, 3.05) is 19.8 Å². The Balaban J connectivity index is 1.59. The Morgan fingerprint density at radius 1 is 1.22 bits per heavy atom. The fourth-order valence-electron chi connectivity index (χ4n) is 3.12. The zero-order valence-electron chi connectivity index (χ0n) is 11.1. The summed E-state index contributed by atoms with van der Waals surface area (Å²) in [5, 5.41) is 12.2. The van der Waals surface area contributed by atoms with Gasteiger partial charge in [-0.3, -0.25) is 4.79 Å². The van der Waals surface area contributed by atoms with Crippen LogP contribution < -0.4 is 5.32 Å². The van der Waals surface area contributed by atoms with Crippen molar-refractivity contribution >= 4 is 5.91 Å². The van der Waals surface area contributed by atoms with Crippen molar-refractivity contribution < 1.29 is 14.6 Å². The standard InChI is InChI=1S/C14H25NO3/c16-10-12-4-1-3-11(12)9-15-14(17)7-6-13-5-2-8-18-13/h11-13,16H,1-10H2,(H,15,17). The minimum Gasteiger partial charge on any atom is -0.396 e. The van der Waals surface area contributed by atoms with Crippen molar-refractivity contribution in [3.8, 4) is 0 Å². The summed E-state index contributed by atoms with van der Waals surface area (Å²) < 4.78 is 5.50. The Bertz CT molecular complexity index is 264. The average molecular weight is 255 g/mol. The van der Waals surface area contributed by atoms with Gasteiger partial charge in [-0.05, 0) is 43.9 Å². The molecule has 0 aromatic rings. The molecule has 0 bridgehead atoms. The van der Waals surface area contributed by atoms with Crippen LogP contribution in [0.1, 0.15) is 44.9 Å². The van der Waals surface area contributed by atoms with Crippen molar-refractivity contribution in [2.24, 2.45) is 11.8 Å². The molecule has 0 spiro atoms. The monoisotopic (exact) mass is 255 g/mol. The van der Waals surface area contributed by atoms with E-state index in [4.69, 9.17) is 4.74 Å². The van der Waals surface area contributed by atoms with Crippen LogP contribution in [0.15, 0.2) is 0 Å². The quantitative estimate of drug-likeness (QED) is 0.755. The number of hydrogen-bond donors (Lipinski definition) is 2. The third-order valence-electron chi connectivity index (χ3n) is 4.33. The third-order valence-corrected chi connectivity index (χ3v) is 4.33. The number of nitrogens with one attached hydrogen (secondary N) is 1. The molecule has 1 saturated carbocycles. The lowest BCUT2D eigenvalue weighted by molar-refractivity contribution is -0.122. The van der Waals surface area contributed by atoms with Gasteiger partial charge in [0.25, 0.3) is 0 Å². The summed E-state index contributed by atoms with van der Waals surface area (Å²) >= 11 is 0. The molecule has 18 heavy (non-hydrogen) atoms. The molecule has 2 aliphatic rings. The van der Waals surface area contributed by atoms with Gasteiger partial charge in [0.05, 0.1) is 6.10 Å². The average Bonchev–Trinajstić information content (AvgIpc) is 3.04. The van der Waals surface area contributed by atoms with E-state index in [9.17, 15) is 9.90 Å². The Labute approximate surface area is 109 Å². The molecule has 3 unspecified atom stereocenters. The van der Waals surface area contributed by atoms with E-state index in [1.54, 1.807) is 0 Å². The molecule has 1 saturated heterocycles. The van der Waals surface area contributed by atoms with Crippen molar-refractivity contribution in [1.29, 1.82) is 0 Å². The molecule has 3 atom stereocenters. The van der Waals surface area contributed by atoms with Crippen LogP contribution in [-0.4, -0.2) is 36.9 Å². The van der Waals surface area contributed by atoms with E-state index in [1.165, 1.54) is 6.42 Å². The van der Waals surface area contributed by atoms with Gasteiger partial charge in [-0.15, -0.1) is 0 Å². The number of hydrogen-bond acceptors (Lipinski definition) is 3.